The van der Waals surface area contributed by atoms with Crippen molar-refractivity contribution >= 4 is 11.3 Å². The molecule has 0 aromatic carbocycles. The van der Waals surface area contributed by atoms with Crippen molar-refractivity contribution in [2.24, 2.45) is 0 Å². The molecule has 4 heteroatoms. The zero-order valence-electron chi connectivity index (χ0n) is 13.3. The van der Waals surface area contributed by atoms with Crippen molar-refractivity contribution in [1.29, 1.82) is 0 Å². The van der Waals surface area contributed by atoms with Crippen LogP contribution in [0.1, 0.15) is 55.1 Å². The van der Waals surface area contributed by atoms with Crippen LogP contribution in [0.5, 0.6) is 0 Å². The van der Waals surface area contributed by atoms with Crippen LogP contribution in [0.25, 0.3) is 0 Å². The van der Waals surface area contributed by atoms with Crippen LogP contribution in [-0.4, -0.2) is 34.1 Å². The van der Waals surface area contributed by atoms with Gasteiger partial charge in [0.2, 0.25) is 0 Å². The molecule has 2 heterocycles. The minimum Gasteiger partial charge on any atom is -0.308 e. The van der Waals surface area contributed by atoms with Gasteiger partial charge in [-0.25, -0.2) is 4.98 Å². The Morgan fingerprint density at radius 1 is 1.25 bits per heavy atom. The molecule has 0 amide bonds. The van der Waals surface area contributed by atoms with Crippen molar-refractivity contribution in [3.05, 3.63) is 15.6 Å². The number of nitrogens with one attached hydrogen (secondary N) is 1. The molecule has 1 aliphatic carbocycles. The second-order valence-electron chi connectivity index (χ2n) is 7.26. The number of hydrogen-bond donors (Lipinski definition) is 1. The van der Waals surface area contributed by atoms with E-state index in [0.717, 1.165) is 13.1 Å². The summed E-state index contributed by atoms with van der Waals surface area (Å²) in [5.74, 6) is 0. The number of piperazine rings is 1. The van der Waals surface area contributed by atoms with Crippen molar-refractivity contribution in [3.8, 4) is 0 Å². The number of nitrogens with zero attached hydrogens (tertiary/aromatic N) is 2. The molecule has 1 aliphatic heterocycles. The van der Waals surface area contributed by atoms with Crippen molar-refractivity contribution in [2.75, 3.05) is 13.1 Å². The molecule has 0 unspecified atom stereocenters. The van der Waals surface area contributed by atoms with Crippen molar-refractivity contribution in [3.63, 3.8) is 0 Å². The minimum absolute atomic E-state index is 0.224. The van der Waals surface area contributed by atoms with Gasteiger partial charge in [-0.1, -0.05) is 12.8 Å². The first-order valence-electron chi connectivity index (χ1n) is 7.83. The fourth-order valence-corrected chi connectivity index (χ4v) is 4.53. The second kappa shape index (κ2) is 5.08. The molecular formula is C16H27N3S. The molecule has 0 radical (unpaired) electrons. The molecule has 1 spiro atoms. The number of thiazole rings is 1. The van der Waals surface area contributed by atoms with Crippen LogP contribution in [0.15, 0.2) is 0 Å². The van der Waals surface area contributed by atoms with Crippen LogP contribution in [0.3, 0.4) is 0 Å². The molecule has 1 saturated heterocycles. The molecule has 1 aromatic heterocycles. The van der Waals surface area contributed by atoms with Gasteiger partial charge in [0.25, 0.3) is 0 Å². The molecule has 20 heavy (non-hydrogen) atoms. The fraction of sp³-hybridized carbons (Fsp3) is 0.812. The van der Waals surface area contributed by atoms with E-state index >= 15 is 0 Å². The maximum atomic E-state index is 4.74. The Morgan fingerprint density at radius 3 is 2.55 bits per heavy atom. The molecule has 1 aromatic rings. The molecule has 3 rings (SSSR count). The molecule has 1 N–H and O–H groups in total. The quantitative estimate of drug-likeness (QED) is 0.907. The average Bonchev–Trinajstić information content (AvgIpc) is 2.94. The number of hydrogen-bond acceptors (Lipinski definition) is 4. The molecule has 3 nitrogen and oxygen atoms in total. The van der Waals surface area contributed by atoms with E-state index in [4.69, 9.17) is 4.98 Å². The summed E-state index contributed by atoms with van der Waals surface area (Å²) in [5.41, 5.74) is 1.81. The van der Waals surface area contributed by atoms with Crippen molar-refractivity contribution in [2.45, 2.75) is 71.0 Å². The van der Waals surface area contributed by atoms with Gasteiger partial charge in [-0.3, -0.25) is 4.90 Å². The molecule has 1 saturated carbocycles. The molecule has 0 atom stereocenters. The maximum absolute atomic E-state index is 4.74. The van der Waals surface area contributed by atoms with E-state index in [2.05, 4.69) is 37.9 Å². The Labute approximate surface area is 126 Å². The summed E-state index contributed by atoms with van der Waals surface area (Å²) in [6.45, 7) is 12.3. The van der Waals surface area contributed by atoms with Gasteiger partial charge in [0.1, 0.15) is 5.01 Å². The fourth-order valence-electron chi connectivity index (χ4n) is 3.58. The lowest BCUT2D eigenvalue weighted by molar-refractivity contribution is 0.0216. The lowest BCUT2D eigenvalue weighted by Crippen LogP contribution is -2.66. The number of aromatic nitrogens is 1. The van der Waals surface area contributed by atoms with Gasteiger partial charge in [0.05, 0.1) is 12.2 Å². The highest BCUT2D eigenvalue weighted by atomic mass is 32.1. The third kappa shape index (κ3) is 2.66. The first kappa shape index (κ1) is 14.5. The van der Waals surface area contributed by atoms with Gasteiger partial charge in [0.15, 0.2) is 0 Å². The van der Waals surface area contributed by atoms with Crippen LogP contribution in [0.4, 0.5) is 0 Å². The van der Waals surface area contributed by atoms with Crippen molar-refractivity contribution < 1.29 is 0 Å². The third-order valence-corrected chi connectivity index (χ3v) is 6.26. The second-order valence-corrected chi connectivity index (χ2v) is 8.55. The average molecular weight is 293 g/mol. The summed E-state index contributed by atoms with van der Waals surface area (Å²) in [5, 5.41) is 5.14. The van der Waals surface area contributed by atoms with Crippen LogP contribution in [0.2, 0.25) is 0 Å². The first-order valence-corrected chi connectivity index (χ1v) is 8.65. The Hall–Kier alpha value is -0.450. The minimum atomic E-state index is 0.224. The predicted molar refractivity (Wildman–Crippen MR) is 85.3 cm³/mol. The Morgan fingerprint density at radius 2 is 1.95 bits per heavy atom. The molecule has 0 bridgehead atoms. The molecular weight excluding hydrogens is 266 g/mol. The van der Waals surface area contributed by atoms with Crippen LogP contribution < -0.4 is 5.32 Å². The Kier molecular flexibility index (Phi) is 3.68. The van der Waals surface area contributed by atoms with Gasteiger partial charge in [0, 0.05) is 29.0 Å². The normalized spacial score (nSPS) is 25.4. The van der Waals surface area contributed by atoms with Crippen LogP contribution in [0, 0.1) is 13.8 Å². The van der Waals surface area contributed by atoms with E-state index in [0.29, 0.717) is 5.54 Å². The van der Waals surface area contributed by atoms with Crippen LogP contribution in [-0.2, 0) is 6.54 Å². The zero-order valence-corrected chi connectivity index (χ0v) is 14.1. The third-order valence-electron chi connectivity index (χ3n) is 5.21. The first-order chi connectivity index (χ1) is 9.40. The Balaban J connectivity index is 1.77. The molecule has 2 aliphatic rings. The summed E-state index contributed by atoms with van der Waals surface area (Å²) in [6, 6.07) is 0. The van der Waals surface area contributed by atoms with Gasteiger partial charge < -0.3 is 5.32 Å². The lowest BCUT2D eigenvalue weighted by atomic mass is 9.87. The number of aryl methyl sites for hydroxylation is 2. The highest BCUT2D eigenvalue weighted by Gasteiger charge is 2.44. The highest BCUT2D eigenvalue weighted by Crippen LogP contribution is 2.36. The zero-order chi connectivity index (χ0) is 14.4. The largest absolute Gasteiger partial charge is 0.308 e. The summed E-state index contributed by atoms with van der Waals surface area (Å²) < 4.78 is 0. The highest BCUT2D eigenvalue weighted by molar-refractivity contribution is 7.11. The van der Waals surface area contributed by atoms with Gasteiger partial charge >= 0.3 is 0 Å². The predicted octanol–water partition coefficient (Wildman–Crippen LogP) is 3.26. The summed E-state index contributed by atoms with van der Waals surface area (Å²) in [7, 11) is 0. The van der Waals surface area contributed by atoms with E-state index in [9.17, 15) is 0 Å². The summed E-state index contributed by atoms with van der Waals surface area (Å²) in [6.07, 6.45) is 5.46. The topological polar surface area (TPSA) is 28.2 Å². The Bertz CT molecular complexity index is 466. The number of rotatable bonds is 2. The van der Waals surface area contributed by atoms with E-state index in [-0.39, 0.29) is 5.54 Å². The summed E-state index contributed by atoms with van der Waals surface area (Å²) in [4.78, 5) is 8.76. The SMILES string of the molecule is Cc1nc(CN2CC3(CCCC3)NCC2(C)C)sc1C. The summed E-state index contributed by atoms with van der Waals surface area (Å²) >= 11 is 1.87. The van der Waals surface area contributed by atoms with E-state index in [1.807, 2.05) is 11.3 Å². The van der Waals surface area contributed by atoms with E-state index < -0.39 is 0 Å². The lowest BCUT2D eigenvalue weighted by Gasteiger charge is -2.50. The molecule has 2 fully saturated rings. The van der Waals surface area contributed by atoms with E-state index in [1.54, 1.807) is 0 Å². The standard InChI is InChI=1S/C16H27N3S/c1-12-13(2)20-14(18-12)9-19-11-16(7-5-6-8-16)17-10-15(19,3)4/h17H,5-11H2,1-4H3. The van der Waals surface area contributed by atoms with Gasteiger partial charge in [-0.05, 0) is 40.5 Å². The van der Waals surface area contributed by atoms with Gasteiger partial charge in [-0.15, -0.1) is 11.3 Å². The van der Waals surface area contributed by atoms with Gasteiger partial charge in [-0.2, -0.15) is 0 Å². The monoisotopic (exact) mass is 293 g/mol. The smallest absolute Gasteiger partial charge is 0.107 e. The molecule has 112 valence electrons. The van der Waals surface area contributed by atoms with Crippen LogP contribution >= 0.6 is 11.3 Å². The van der Waals surface area contributed by atoms with E-state index in [1.165, 1.54) is 47.8 Å². The maximum Gasteiger partial charge on any atom is 0.107 e. The van der Waals surface area contributed by atoms with Crippen molar-refractivity contribution in [1.82, 2.24) is 15.2 Å².